The highest BCUT2D eigenvalue weighted by molar-refractivity contribution is 5.85. The number of hydrazine groups is 1. The van der Waals surface area contributed by atoms with Gasteiger partial charge in [-0.05, 0) is 26.0 Å². The van der Waals surface area contributed by atoms with Crippen LogP contribution in [0.4, 0.5) is 10.5 Å². The van der Waals surface area contributed by atoms with Gasteiger partial charge >= 0.3 is 6.03 Å². The van der Waals surface area contributed by atoms with Crippen LogP contribution < -0.4 is 21.6 Å². The Bertz CT molecular complexity index is 457. The van der Waals surface area contributed by atoms with Gasteiger partial charge in [0.2, 0.25) is 0 Å². The SMILES string of the molecule is CCN(CC)c1ccc(C=NNC(=O)NN)c(O)c1. The number of carbonyl (C=O) groups excluding carboxylic acids is 1. The van der Waals surface area contributed by atoms with E-state index in [4.69, 9.17) is 5.84 Å². The van der Waals surface area contributed by atoms with E-state index in [1.165, 1.54) is 6.21 Å². The first-order valence-electron chi connectivity index (χ1n) is 6.00. The Kier molecular flexibility index (Phi) is 5.62. The van der Waals surface area contributed by atoms with Gasteiger partial charge in [0.15, 0.2) is 0 Å². The number of benzene rings is 1. The molecular formula is C12H19N5O2. The second-order valence-corrected chi connectivity index (χ2v) is 3.76. The third kappa shape index (κ3) is 4.14. The average Bonchev–Trinajstić information content (AvgIpc) is 2.42. The predicted molar refractivity (Wildman–Crippen MR) is 75.1 cm³/mol. The van der Waals surface area contributed by atoms with Gasteiger partial charge in [0.1, 0.15) is 5.75 Å². The Balaban J connectivity index is 2.80. The van der Waals surface area contributed by atoms with Gasteiger partial charge in [-0.15, -0.1) is 0 Å². The van der Waals surface area contributed by atoms with Gasteiger partial charge in [0.25, 0.3) is 0 Å². The first-order chi connectivity index (χ1) is 9.12. The molecule has 0 aliphatic heterocycles. The summed E-state index contributed by atoms with van der Waals surface area (Å²) in [5, 5.41) is 13.5. The van der Waals surface area contributed by atoms with E-state index >= 15 is 0 Å². The van der Waals surface area contributed by atoms with Crippen molar-refractivity contribution in [2.45, 2.75) is 13.8 Å². The molecule has 0 atom stereocenters. The zero-order chi connectivity index (χ0) is 14.3. The summed E-state index contributed by atoms with van der Waals surface area (Å²) in [5.41, 5.74) is 5.46. The molecule has 0 aliphatic carbocycles. The number of nitrogens with one attached hydrogen (secondary N) is 2. The molecule has 1 aromatic rings. The number of urea groups is 1. The highest BCUT2D eigenvalue weighted by Gasteiger charge is 2.05. The van der Waals surface area contributed by atoms with Crippen molar-refractivity contribution in [3.05, 3.63) is 23.8 Å². The highest BCUT2D eigenvalue weighted by Crippen LogP contribution is 2.23. The van der Waals surface area contributed by atoms with Crippen molar-refractivity contribution in [3.63, 3.8) is 0 Å². The Morgan fingerprint density at radius 1 is 1.47 bits per heavy atom. The van der Waals surface area contributed by atoms with E-state index in [0.717, 1.165) is 18.8 Å². The maximum atomic E-state index is 10.8. The van der Waals surface area contributed by atoms with Gasteiger partial charge in [-0.25, -0.2) is 16.1 Å². The van der Waals surface area contributed by atoms with E-state index in [1.54, 1.807) is 12.1 Å². The number of nitrogens with zero attached hydrogens (tertiary/aromatic N) is 2. The van der Waals surface area contributed by atoms with Crippen LogP contribution in [-0.2, 0) is 0 Å². The lowest BCUT2D eigenvalue weighted by atomic mass is 10.2. The average molecular weight is 265 g/mol. The van der Waals surface area contributed by atoms with Gasteiger partial charge in [-0.1, -0.05) is 0 Å². The number of hydrazone groups is 1. The maximum Gasteiger partial charge on any atom is 0.349 e. The van der Waals surface area contributed by atoms with Gasteiger partial charge in [0, 0.05) is 30.4 Å². The van der Waals surface area contributed by atoms with Crippen LogP contribution in [0.5, 0.6) is 5.75 Å². The summed E-state index contributed by atoms with van der Waals surface area (Å²) < 4.78 is 0. The number of amides is 2. The van der Waals surface area contributed by atoms with Crippen LogP contribution in [0.2, 0.25) is 0 Å². The molecule has 0 saturated carbocycles. The molecule has 0 saturated heterocycles. The van der Waals surface area contributed by atoms with E-state index < -0.39 is 6.03 Å². The highest BCUT2D eigenvalue weighted by atomic mass is 16.3. The fourth-order valence-corrected chi connectivity index (χ4v) is 1.62. The molecule has 7 heteroatoms. The summed E-state index contributed by atoms with van der Waals surface area (Å²) in [7, 11) is 0. The zero-order valence-corrected chi connectivity index (χ0v) is 11.1. The van der Waals surface area contributed by atoms with Crippen LogP contribution in [0, 0.1) is 0 Å². The predicted octanol–water partition coefficient (Wildman–Crippen LogP) is 0.745. The Morgan fingerprint density at radius 3 is 2.68 bits per heavy atom. The third-order valence-corrected chi connectivity index (χ3v) is 2.64. The second kappa shape index (κ2) is 7.22. The number of carbonyl (C=O) groups is 1. The van der Waals surface area contributed by atoms with Crippen LogP contribution in [0.1, 0.15) is 19.4 Å². The van der Waals surface area contributed by atoms with Crippen LogP contribution in [-0.4, -0.2) is 30.4 Å². The molecule has 0 heterocycles. The fraction of sp³-hybridized carbons (Fsp3) is 0.333. The van der Waals surface area contributed by atoms with Crippen LogP contribution in [0.15, 0.2) is 23.3 Å². The number of anilines is 1. The molecule has 0 unspecified atom stereocenters. The molecule has 1 aromatic carbocycles. The lowest BCUT2D eigenvalue weighted by molar-refractivity contribution is 0.241. The minimum atomic E-state index is -0.629. The Labute approximate surface area is 112 Å². The number of hydrogen-bond acceptors (Lipinski definition) is 5. The van der Waals surface area contributed by atoms with Crippen molar-refractivity contribution in [3.8, 4) is 5.75 Å². The van der Waals surface area contributed by atoms with Crippen LogP contribution in [0.25, 0.3) is 0 Å². The van der Waals surface area contributed by atoms with Crippen LogP contribution in [0.3, 0.4) is 0 Å². The normalized spacial score (nSPS) is 10.5. The van der Waals surface area contributed by atoms with Crippen molar-refractivity contribution in [1.82, 2.24) is 10.9 Å². The maximum absolute atomic E-state index is 10.8. The summed E-state index contributed by atoms with van der Waals surface area (Å²) in [4.78, 5) is 12.9. The molecule has 104 valence electrons. The fourth-order valence-electron chi connectivity index (χ4n) is 1.62. The number of nitrogens with two attached hydrogens (primary N) is 1. The number of aromatic hydroxyl groups is 1. The molecule has 0 aromatic heterocycles. The monoisotopic (exact) mass is 265 g/mol. The molecule has 0 radical (unpaired) electrons. The number of hydrogen-bond donors (Lipinski definition) is 4. The van der Waals surface area contributed by atoms with E-state index in [0.29, 0.717) is 5.56 Å². The largest absolute Gasteiger partial charge is 0.507 e. The van der Waals surface area contributed by atoms with Crippen molar-refractivity contribution in [2.75, 3.05) is 18.0 Å². The number of phenols is 1. The summed E-state index contributed by atoms with van der Waals surface area (Å²) in [6, 6.07) is 4.65. The van der Waals surface area contributed by atoms with Crippen molar-refractivity contribution < 1.29 is 9.90 Å². The van der Waals surface area contributed by atoms with E-state index in [1.807, 2.05) is 25.3 Å². The first-order valence-corrected chi connectivity index (χ1v) is 6.00. The molecule has 1 rings (SSSR count). The van der Waals surface area contributed by atoms with Gasteiger partial charge in [0.05, 0.1) is 6.21 Å². The molecule has 2 amide bonds. The molecule has 0 spiro atoms. The summed E-state index contributed by atoms with van der Waals surface area (Å²) in [5.74, 6) is 4.97. The lowest BCUT2D eigenvalue weighted by Gasteiger charge is -2.21. The third-order valence-electron chi connectivity index (χ3n) is 2.64. The van der Waals surface area contributed by atoms with E-state index in [-0.39, 0.29) is 5.75 Å². The smallest absolute Gasteiger partial charge is 0.349 e. The van der Waals surface area contributed by atoms with Crippen molar-refractivity contribution in [2.24, 2.45) is 10.9 Å². The Hall–Kier alpha value is -2.28. The summed E-state index contributed by atoms with van der Waals surface area (Å²) in [6.45, 7) is 5.82. The van der Waals surface area contributed by atoms with Crippen LogP contribution >= 0.6 is 0 Å². The topological polar surface area (TPSA) is 103 Å². The first kappa shape index (κ1) is 14.8. The van der Waals surface area contributed by atoms with Crippen molar-refractivity contribution >= 4 is 17.9 Å². The van der Waals surface area contributed by atoms with E-state index in [2.05, 4.69) is 15.4 Å². The molecule has 0 aliphatic rings. The number of rotatable bonds is 5. The van der Waals surface area contributed by atoms with E-state index in [9.17, 15) is 9.90 Å². The van der Waals surface area contributed by atoms with Gasteiger partial charge in [-0.2, -0.15) is 5.10 Å². The zero-order valence-electron chi connectivity index (χ0n) is 11.1. The number of phenolic OH excluding ortho intramolecular Hbond substituents is 1. The molecule has 7 nitrogen and oxygen atoms in total. The molecule has 19 heavy (non-hydrogen) atoms. The summed E-state index contributed by atoms with van der Waals surface area (Å²) in [6.07, 6.45) is 1.34. The minimum absolute atomic E-state index is 0.100. The molecule has 0 bridgehead atoms. The Morgan fingerprint density at radius 2 is 2.16 bits per heavy atom. The van der Waals surface area contributed by atoms with Gasteiger partial charge in [-0.3, -0.25) is 5.43 Å². The van der Waals surface area contributed by atoms with Gasteiger partial charge < -0.3 is 10.0 Å². The summed E-state index contributed by atoms with van der Waals surface area (Å²) >= 11 is 0. The second-order valence-electron chi connectivity index (χ2n) is 3.76. The minimum Gasteiger partial charge on any atom is -0.507 e. The molecule has 0 fully saturated rings. The van der Waals surface area contributed by atoms with Crippen molar-refractivity contribution in [1.29, 1.82) is 0 Å². The molecule has 5 N–H and O–H groups in total. The lowest BCUT2D eigenvalue weighted by Crippen LogP contribution is -2.37. The standard InChI is InChI=1S/C12H19N5O2/c1-3-17(4-2)10-6-5-9(11(18)7-10)8-14-16-12(19)15-13/h5-8,18H,3-4,13H2,1-2H3,(H2,15,16,19). The quantitative estimate of drug-likeness (QED) is 0.273. The molecular weight excluding hydrogens is 246 g/mol.